The lowest BCUT2D eigenvalue weighted by molar-refractivity contribution is -0.120. The minimum Gasteiger partial charge on any atom is -0.378 e. The Labute approximate surface area is 225 Å². The molecule has 0 aliphatic carbocycles. The third kappa shape index (κ3) is 6.50. The maximum atomic E-state index is 12.8. The summed E-state index contributed by atoms with van der Waals surface area (Å²) in [6.07, 6.45) is 2.31. The average molecular weight is 514 g/mol. The molecule has 8 heteroatoms. The van der Waals surface area contributed by atoms with E-state index >= 15 is 0 Å². The van der Waals surface area contributed by atoms with E-state index in [4.69, 9.17) is 0 Å². The Morgan fingerprint density at radius 3 is 2.39 bits per heavy atom. The number of aromatic nitrogens is 3. The monoisotopic (exact) mass is 513 g/mol. The van der Waals surface area contributed by atoms with Gasteiger partial charge in [0.15, 0.2) is 11.6 Å². The van der Waals surface area contributed by atoms with Crippen LogP contribution in [0, 0.1) is 0 Å². The molecule has 200 valence electrons. The van der Waals surface area contributed by atoms with Gasteiger partial charge in [0.1, 0.15) is 0 Å². The van der Waals surface area contributed by atoms with Crippen LogP contribution in [0.15, 0.2) is 66.9 Å². The predicted molar refractivity (Wildman–Crippen MR) is 157 cm³/mol. The highest BCUT2D eigenvalue weighted by molar-refractivity contribution is 5.90. The van der Waals surface area contributed by atoms with Crippen LogP contribution in [-0.2, 0) is 11.2 Å². The van der Waals surface area contributed by atoms with E-state index < -0.39 is 0 Å². The Kier molecular flexibility index (Phi) is 8.63. The van der Waals surface area contributed by atoms with E-state index in [1.165, 1.54) is 0 Å². The lowest BCUT2D eigenvalue weighted by Crippen LogP contribution is -2.42. The van der Waals surface area contributed by atoms with Gasteiger partial charge in [0.05, 0.1) is 11.9 Å². The van der Waals surface area contributed by atoms with Crippen molar-refractivity contribution < 1.29 is 4.79 Å². The van der Waals surface area contributed by atoms with Crippen LogP contribution >= 0.6 is 0 Å². The van der Waals surface area contributed by atoms with E-state index in [0.717, 1.165) is 34.4 Å². The molecule has 0 aliphatic rings. The third-order valence-electron chi connectivity index (χ3n) is 6.70. The molecule has 38 heavy (non-hydrogen) atoms. The first-order valence-electron chi connectivity index (χ1n) is 13.2. The zero-order valence-electron chi connectivity index (χ0n) is 23.3. The highest BCUT2D eigenvalue weighted by atomic mass is 16.1. The molecule has 0 saturated carbocycles. The fourth-order valence-electron chi connectivity index (χ4n) is 4.78. The van der Waals surface area contributed by atoms with Crippen LogP contribution in [0.4, 0.5) is 17.2 Å². The molecule has 2 aromatic heterocycles. The van der Waals surface area contributed by atoms with Crippen LogP contribution in [0.2, 0.25) is 0 Å². The van der Waals surface area contributed by atoms with Gasteiger partial charge in [-0.25, -0.2) is 0 Å². The quantitative estimate of drug-likeness (QED) is 0.294. The van der Waals surface area contributed by atoms with Gasteiger partial charge < -0.3 is 15.5 Å². The third-order valence-corrected chi connectivity index (χ3v) is 6.70. The number of hydrogen-bond donors (Lipinski definition) is 2. The molecule has 0 unspecified atom stereocenters. The van der Waals surface area contributed by atoms with Crippen molar-refractivity contribution in [3.05, 3.63) is 72.4 Å². The van der Waals surface area contributed by atoms with E-state index in [2.05, 4.69) is 76.5 Å². The van der Waals surface area contributed by atoms with Crippen molar-refractivity contribution in [3.63, 3.8) is 0 Å². The first-order valence-corrected chi connectivity index (χ1v) is 13.2. The number of hydrogen-bond acceptors (Lipinski definition) is 6. The van der Waals surface area contributed by atoms with Gasteiger partial charge in [0.2, 0.25) is 5.91 Å². The molecular formula is C30H39N7O. The Morgan fingerprint density at radius 2 is 1.71 bits per heavy atom. The lowest BCUT2D eigenvalue weighted by atomic mass is 10.1. The highest BCUT2D eigenvalue weighted by Crippen LogP contribution is 2.25. The summed E-state index contributed by atoms with van der Waals surface area (Å²) in [5, 5.41) is 16.3. The summed E-state index contributed by atoms with van der Waals surface area (Å²) in [6.45, 7) is 10.2. The number of fused-ring (bicyclic) bond motifs is 1. The summed E-state index contributed by atoms with van der Waals surface area (Å²) in [5.41, 5.74) is 4.01. The smallest absolute Gasteiger partial charge is 0.224 e. The van der Waals surface area contributed by atoms with Crippen molar-refractivity contribution in [2.75, 3.05) is 37.4 Å². The van der Waals surface area contributed by atoms with E-state index in [1.54, 1.807) is 0 Å². The zero-order chi connectivity index (χ0) is 27.2. The van der Waals surface area contributed by atoms with Crippen molar-refractivity contribution in [2.24, 2.45) is 0 Å². The summed E-state index contributed by atoms with van der Waals surface area (Å²) in [7, 11) is 4.03. The number of para-hydroxylation sites is 1. The van der Waals surface area contributed by atoms with Crippen LogP contribution in [0.3, 0.4) is 0 Å². The van der Waals surface area contributed by atoms with Crippen LogP contribution in [0.25, 0.3) is 16.7 Å². The SMILES string of the molecule is CC(C)N(CCNC(=O)Cc1cn(-c2ccc(Nc3cccc(N(C)C)c3)nn2)c2ccccc12)C(C)C. The number of anilines is 3. The maximum absolute atomic E-state index is 12.8. The van der Waals surface area contributed by atoms with Gasteiger partial charge in [-0.15, -0.1) is 10.2 Å². The largest absolute Gasteiger partial charge is 0.378 e. The van der Waals surface area contributed by atoms with Gasteiger partial charge >= 0.3 is 0 Å². The Bertz CT molecular complexity index is 1350. The summed E-state index contributed by atoms with van der Waals surface area (Å²) in [6, 6.07) is 21.0. The van der Waals surface area contributed by atoms with E-state index in [-0.39, 0.29) is 5.91 Å². The molecule has 0 atom stereocenters. The predicted octanol–water partition coefficient (Wildman–Crippen LogP) is 5.01. The first kappa shape index (κ1) is 27.1. The average Bonchev–Trinajstić information content (AvgIpc) is 3.25. The van der Waals surface area contributed by atoms with Crippen LogP contribution in [0.5, 0.6) is 0 Å². The van der Waals surface area contributed by atoms with Gasteiger partial charge in [0, 0.05) is 62.2 Å². The molecule has 2 N–H and O–H groups in total. The number of carbonyl (C=O) groups excluding carboxylic acids is 1. The van der Waals surface area contributed by atoms with E-state index in [9.17, 15) is 4.79 Å². The fraction of sp³-hybridized carbons (Fsp3) is 0.367. The number of nitrogens with one attached hydrogen (secondary N) is 2. The van der Waals surface area contributed by atoms with Gasteiger partial charge in [-0.3, -0.25) is 14.3 Å². The molecule has 8 nitrogen and oxygen atoms in total. The van der Waals surface area contributed by atoms with Gasteiger partial charge in [-0.2, -0.15) is 0 Å². The van der Waals surface area contributed by atoms with Crippen molar-refractivity contribution >= 4 is 34.0 Å². The summed E-state index contributed by atoms with van der Waals surface area (Å²) >= 11 is 0. The highest BCUT2D eigenvalue weighted by Gasteiger charge is 2.16. The molecule has 4 rings (SSSR count). The normalized spacial score (nSPS) is 11.5. The molecule has 0 spiro atoms. The van der Waals surface area contributed by atoms with Gasteiger partial charge in [-0.1, -0.05) is 24.3 Å². The topological polar surface area (TPSA) is 78.3 Å². The van der Waals surface area contributed by atoms with Gasteiger partial charge in [0.25, 0.3) is 0 Å². The Hall–Kier alpha value is -3.91. The second-order valence-corrected chi connectivity index (χ2v) is 10.3. The lowest BCUT2D eigenvalue weighted by Gasteiger charge is -2.30. The molecule has 2 aromatic carbocycles. The minimum absolute atomic E-state index is 0.0194. The van der Waals surface area contributed by atoms with E-state index in [1.807, 2.05) is 67.3 Å². The van der Waals surface area contributed by atoms with Crippen molar-refractivity contribution in [2.45, 2.75) is 46.2 Å². The first-order chi connectivity index (χ1) is 18.2. The molecule has 2 heterocycles. The Balaban J connectivity index is 1.47. The molecule has 1 amide bonds. The summed E-state index contributed by atoms with van der Waals surface area (Å²) in [4.78, 5) is 17.3. The Morgan fingerprint density at radius 1 is 0.947 bits per heavy atom. The molecule has 0 aliphatic heterocycles. The minimum atomic E-state index is 0.0194. The molecular weight excluding hydrogens is 474 g/mol. The zero-order valence-corrected chi connectivity index (χ0v) is 23.3. The standard InChI is InChI=1S/C30H39N7O/c1-21(2)36(22(3)4)17-16-31-30(38)18-23-20-37(27-13-8-7-12-26(23)27)29-15-14-28(33-34-29)32-24-10-9-11-25(19-24)35(5)6/h7-15,19-22H,16-18H2,1-6H3,(H,31,38)(H,32,33). The second-order valence-electron chi connectivity index (χ2n) is 10.3. The van der Waals surface area contributed by atoms with Crippen LogP contribution in [0.1, 0.15) is 33.3 Å². The summed E-state index contributed by atoms with van der Waals surface area (Å²) < 4.78 is 2.00. The van der Waals surface area contributed by atoms with Crippen molar-refractivity contribution in [1.82, 2.24) is 25.0 Å². The molecule has 0 fully saturated rings. The number of rotatable bonds is 11. The van der Waals surface area contributed by atoms with E-state index in [0.29, 0.717) is 36.7 Å². The molecule has 0 bridgehead atoms. The maximum Gasteiger partial charge on any atom is 0.224 e. The number of benzene rings is 2. The number of nitrogens with zero attached hydrogens (tertiary/aromatic N) is 5. The van der Waals surface area contributed by atoms with Crippen LogP contribution < -0.4 is 15.5 Å². The van der Waals surface area contributed by atoms with Crippen LogP contribution in [-0.4, -0.2) is 64.8 Å². The van der Waals surface area contributed by atoms with Crippen molar-refractivity contribution in [1.29, 1.82) is 0 Å². The molecule has 0 radical (unpaired) electrons. The number of amides is 1. The summed E-state index contributed by atoms with van der Waals surface area (Å²) in [5.74, 6) is 1.38. The molecule has 4 aromatic rings. The van der Waals surface area contributed by atoms with Gasteiger partial charge in [-0.05, 0) is 69.7 Å². The second kappa shape index (κ2) is 12.1. The fourth-order valence-corrected chi connectivity index (χ4v) is 4.78. The van der Waals surface area contributed by atoms with Crippen molar-refractivity contribution in [3.8, 4) is 5.82 Å². The molecule has 0 saturated heterocycles. The number of carbonyl (C=O) groups is 1.